The quantitative estimate of drug-likeness (QED) is 0.745. The summed E-state index contributed by atoms with van der Waals surface area (Å²) in [6.07, 6.45) is 2.30. The van der Waals surface area contributed by atoms with Crippen molar-refractivity contribution in [1.82, 2.24) is 0 Å². The third-order valence-corrected chi connectivity index (χ3v) is 2.21. The lowest BCUT2D eigenvalue weighted by Crippen LogP contribution is -2.04. The number of nitrogens with two attached hydrogens (primary N) is 1. The molecule has 0 unspecified atom stereocenters. The van der Waals surface area contributed by atoms with Crippen LogP contribution >= 0.6 is 0 Å². The van der Waals surface area contributed by atoms with Crippen LogP contribution in [0.1, 0.15) is 18.4 Å². The fourth-order valence-electron chi connectivity index (χ4n) is 1.25. The van der Waals surface area contributed by atoms with Crippen molar-refractivity contribution in [3.05, 3.63) is 29.6 Å². The van der Waals surface area contributed by atoms with E-state index in [1.807, 2.05) is 6.07 Å². The first-order chi connectivity index (χ1) is 6.29. The zero-order valence-corrected chi connectivity index (χ0v) is 7.39. The first kappa shape index (κ1) is 8.51. The van der Waals surface area contributed by atoms with Crippen molar-refractivity contribution >= 4 is 5.69 Å². The van der Waals surface area contributed by atoms with Crippen LogP contribution in [0.2, 0.25) is 0 Å². The number of hydrogen-bond acceptors (Lipinski definition) is 2. The topological polar surface area (TPSA) is 38.0 Å². The number of nitrogens with one attached hydrogen (secondary N) is 1. The van der Waals surface area contributed by atoms with Crippen LogP contribution in [0.5, 0.6) is 0 Å². The fraction of sp³-hybridized carbons (Fsp3) is 0.400. The van der Waals surface area contributed by atoms with E-state index in [1.54, 1.807) is 6.07 Å². The van der Waals surface area contributed by atoms with Crippen LogP contribution in [0, 0.1) is 5.82 Å². The molecule has 1 aliphatic carbocycles. The van der Waals surface area contributed by atoms with E-state index in [2.05, 4.69) is 5.32 Å². The Morgan fingerprint density at radius 3 is 2.77 bits per heavy atom. The lowest BCUT2D eigenvalue weighted by atomic mass is 10.2. The van der Waals surface area contributed by atoms with E-state index >= 15 is 0 Å². The van der Waals surface area contributed by atoms with Gasteiger partial charge < -0.3 is 11.1 Å². The predicted octanol–water partition coefficient (Wildman–Crippen LogP) is 1.86. The molecule has 0 amide bonds. The van der Waals surface area contributed by atoms with Gasteiger partial charge in [-0.25, -0.2) is 4.39 Å². The molecule has 13 heavy (non-hydrogen) atoms. The lowest BCUT2D eigenvalue weighted by Gasteiger charge is -2.06. The first-order valence-corrected chi connectivity index (χ1v) is 4.54. The minimum absolute atomic E-state index is 0.199. The van der Waals surface area contributed by atoms with Gasteiger partial charge in [-0.05, 0) is 30.5 Å². The third-order valence-electron chi connectivity index (χ3n) is 2.21. The Balaban J connectivity index is 2.15. The van der Waals surface area contributed by atoms with Gasteiger partial charge in [0.25, 0.3) is 0 Å². The maximum atomic E-state index is 13.3. The van der Waals surface area contributed by atoms with Crippen LogP contribution in [-0.4, -0.2) is 6.04 Å². The van der Waals surface area contributed by atoms with Crippen molar-refractivity contribution in [1.29, 1.82) is 0 Å². The summed E-state index contributed by atoms with van der Waals surface area (Å²) in [6.45, 7) is 0.390. The van der Waals surface area contributed by atoms with E-state index < -0.39 is 0 Å². The van der Waals surface area contributed by atoms with Crippen molar-refractivity contribution < 1.29 is 4.39 Å². The molecule has 1 aromatic carbocycles. The molecule has 0 radical (unpaired) electrons. The molecule has 70 valence electrons. The van der Waals surface area contributed by atoms with E-state index in [1.165, 1.54) is 6.07 Å². The van der Waals surface area contributed by atoms with Crippen molar-refractivity contribution in [2.75, 3.05) is 5.32 Å². The maximum Gasteiger partial charge on any atom is 0.146 e. The Kier molecular flexibility index (Phi) is 2.19. The summed E-state index contributed by atoms with van der Waals surface area (Å²) in [5, 5.41) is 3.12. The average molecular weight is 180 g/mol. The van der Waals surface area contributed by atoms with Gasteiger partial charge in [0.05, 0.1) is 5.69 Å². The molecule has 0 aliphatic heterocycles. The number of anilines is 1. The smallest absolute Gasteiger partial charge is 0.146 e. The molecule has 1 saturated carbocycles. The van der Waals surface area contributed by atoms with Crippen LogP contribution in [0.15, 0.2) is 18.2 Å². The predicted molar refractivity (Wildman–Crippen MR) is 50.9 cm³/mol. The van der Waals surface area contributed by atoms with Gasteiger partial charge in [-0.3, -0.25) is 0 Å². The molecule has 1 aromatic rings. The Bertz CT molecular complexity index is 308. The van der Waals surface area contributed by atoms with Gasteiger partial charge in [0.15, 0.2) is 0 Å². The number of hydrogen-bond donors (Lipinski definition) is 2. The Morgan fingerprint density at radius 1 is 1.46 bits per heavy atom. The number of rotatable bonds is 3. The van der Waals surface area contributed by atoms with Crippen molar-refractivity contribution in [3.63, 3.8) is 0 Å². The molecule has 0 saturated heterocycles. The highest BCUT2D eigenvalue weighted by atomic mass is 19.1. The van der Waals surface area contributed by atoms with Crippen molar-refractivity contribution in [2.45, 2.75) is 25.4 Å². The van der Waals surface area contributed by atoms with Crippen molar-refractivity contribution in [3.8, 4) is 0 Å². The van der Waals surface area contributed by atoms with Crippen LogP contribution < -0.4 is 11.1 Å². The van der Waals surface area contributed by atoms with E-state index in [0.717, 1.165) is 18.4 Å². The van der Waals surface area contributed by atoms with E-state index in [9.17, 15) is 4.39 Å². The Morgan fingerprint density at radius 2 is 2.23 bits per heavy atom. The summed E-state index contributed by atoms with van der Waals surface area (Å²) >= 11 is 0. The highest BCUT2D eigenvalue weighted by molar-refractivity contribution is 5.48. The van der Waals surface area contributed by atoms with Gasteiger partial charge in [0.1, 0.15) is 5.82 Å². The highest BCUT2D eigenvalue weighted by Gasteiger charge is 2.21. The summed E-state index contributed by atoms with van der Waals surface area (Å²) in [5.74, 6) is -0.199. The number of halogens is 1. The first-order valence-electron chi connectivity index (χ1n) is 4.54. The third kappa shape index (κ3) is 1.98. The molecule has 2 nitrogen and oxygen atoms in total. The van der Waals surface area contributed by atoms with E-state index in [-0.39, 0.29) is 5.82 Å². The Labute approximate surface area is 76.9 Å². The summed E-state index contributed by atoms with van der Waals surface area (Å²) in [5.41, 5.74) is 6.82. The second-order valence-electron chi connectivity index (χ2n) is 3.44. The molecule has 0 spiro atoms. The van der Waals surface area contributed by atoms with Gasteiger partial charge in [-0.2, -0.15) is 0 Å². The molecular formula is C10H13FN2. The van der Waals surface area contributed by atoms with Gasteiger partial charge in [0, 0.05) is 12.6 Å². The van der Waals surface area contributed by atoms with Crippen LogP contribution in [0.3, 0.4) is 0 Å². The van der Waals surface area contributed by atoms with Crippen LogP contribution in [0.25, 0.3) is 0 Å². The molecule has 0 bridgehead atoms. The molecule has 1 aliphatic rings. The second kappa shape index (κ2) is 3.34. The average Bonchev–Trinajstić information content (AvgIpc) is 2.92. The molecule has 0 heterocycles. The molecule has 2 rings (SSSR count). The Hall–Kier alpha value is -1.09. The summed E-state index contributed by atoms with van der Waals surface area (Å²) in [6, 6.07) is 5.59. The molecule has 0 aromatic heterocycles. The van der Waals surface area contributed by atoms with E-state index in [0.29, 0.717) is 18.3 Å². The summed E-state index contributed by atoms with van der Waals surface area (Å²) < 4.78 is 13.3. The standard InChI is InChI=1S/C10H13FN2/c11-9-5-7(6-12)1-4-10(9)13-8-2-3-8/h1,4-5,8,13H,2-3,6,12H2. The molecule has 0 atom stereocenters. The second-order valence-corrected chi connectivity index (χ2v) is 3.44. The van der Waals surface area contributed by atoms with Gasteiger partial charge in [-0.1, -0.05) is 6.07 Å². The van der Waals surface area contributed by atoms with Gasteiger partial charge in [0.2, 0.25) is 0 Å². The molecule has 3 heteroatoms. The van der Waals surface area contributed by atoms with Crippen LogP contribution in [-0.2, 0) is 6.54 Å². The zero-order chi connectivity index (χ0) is 9.26. The van der Waals surface area contributed by atoms with Gasteiger partial charge >= 0.3 is 0 Å². The normalized spacial score (nSPS) is 15.8. The SMILES string of the molecule is NCc1ccc(NC2CC2)c(F)c1. The summed E-state index contributed by atoms with van der Waals surface area (Å²) in [7, 11) is 0. The van der Waals surface area contributed by atoms with Crippen LogP contribution in [0.4, 0.5) is 10.1 Å². The maximum absolute atomic E-state index is 13.3. The lowest BCUT2D eigenvalue weighted by molar-refractivity contribution is 0.627. The molecule has 1 fully saturated rings. The number of benzene rings is 1. The largest absolute Gasteiger partial charge is 0.380 e. The zero-order valence-electron chi connectivity index (χ0n) is 7.39. The summed E-state index contributed by atoms with van der Waals surface area (Å²) in [4.78, 5) is 0. The van der Waals surface area contributed by atoms with E-state index in [4.69, 9.17) is 5.73 Å². The van der Waals surface area contributed by atoms with Crippen molar-refractivity contribution in [2.24, 2.45) is 5.73 Å². The van der Waals surface area contributed by atoms with Gasteiger partial charge in [-0.15, -0.1) is 0 Å². The molecular weight excluding hydrogens is 167 g/mol. The highest BCUT2D eigenvalue weighted by Crippen LogP contribution is 2.26. The minimum atomic E-state index is -0.199. The monoisotopic (exact) mass is 180 g/mol. The molecule has 3 N–H and O–H groups in total. The minimum Gasteiger partial charge on any atom is -0.380 e. The fourth-order valence-corrected chi connectivity index (χ4v) is 1.25.